The Kier molecular flexibility index (Phi) is 1.95. The molecule has 1 heterocycles. The highest BCUT2D eigenvalue weighted by atomic mass is 79.9. The van der Waals surface area contributed by atoms with E-state index >= 15 is 0 Å². The highest BCUT2D eigenvalue weighted by Crippen LogP contribution is 2.34. The van der Waals surface area contributed by atoms with Gasteiger partial charge in [0.25, 0.3) is 0 Å². The first-order valence-corrected chi connectivity index (χ1v) is 5.01. The zero-order valence-electron chi connectivity index (χ0n) is 7.22. The summed E-state index contributed by atoms with van der Waals surface area (Å²) in [4.78, 5) is 13.7. The lowest BCUT2D eigenvalue weighted by atomic mass is 10.1. The minimum Gasteiger partial charge on any atom is -0.477 e. The van der Waals surface area contributed by atoms with E-state index in [-0.39, 0.29) is 5.69 Å². The predicted octanol–water partition coefficient (Wildman–Crippen LogP) is 2.21. The predicted molar refractivity (Wildman–Crippen MR) is 52.0 cm³/mol. The van der Waals surface area contributed by atoms with Crippen LogP contribution >= 0.6 is 15.9 Å². The fraction of sp³-hybridized carbons (Fsp3) is 0.444. The van der Waals surface area contributed by atoms with Gasteiger partial charge >= 0.3 is 5.97 Å². The number of rotatable bonds is 1. The maximum absolute atomic E-state index is 10.7. The summed E-state index contributed by atoms with van der Waals surface area (Å²) in [6, 6.07) is 0. The van der Waals surface area contributed by atoms with Gasteiger partial charge in [-0.1, -0.05) is 6.92 Å². The summed E-state index contributed by atoms with van der Waals surface area (Å²) in [5.74, 6) is -0.269. The van der Waals surface area contributed by atoms with Gasteiger partial charge in [0.05, 0.1) is 4.47 Å². The smallest absolute Gasteiger partial charge is 0.353 e. The Labute approximate surface area is 84.3 Å². The molecule has 0 bridgehead atoms. The number of H-pyrrole nitrogens is 1. The number of fused-ring (bicyclic) bond motifs is 1. The number of aromatic amines is 1. The third-order valence-corrected chi connectivity index (χ3v) is 3.32. The third-order valence-electron chi connectivity index (χ3n) is 2.44. The highest BCUT2D eigenvalue weighted by Gasteiger charge is 2.26. The molecule has 1 aromatic heterocycles. The van der Waals surface area contributed by atoms with Crippen molar-refractivity contribution in [1.82, 2.24) is 4.98 Å². The molecule has 3 nitrogen and oxygen atoms in total. The summed E-state index contributed by atoms with van der Waals surface area (Å²) >= 11 is 3.32. The van der Waals surface area contributed by atoms with E-state index in [2.05, 4.69) is 27.8 Å². The number of halogens is 1. The van der Waals surface area contributed by atoms with E-state index in [0.717, 1.165) is 28.6 Å². The number of hydrogen-bond donors (Lipinski definition) is 2. The Morgan fingerprint density at radius 2 is 2.31 bits per heavy atom. The first kappa shape index (κ1) is 8.81. The van der Waals surface area contributed by atoms with E-state index in [9.17, 15) is 4.79 Å². The maximum atomic E-state index is 10.7. The van der Waals surface area contributed by atoms with Crippen LogP contribution in [0.5, 0.6) is 0 Å². The van der Waals surface area contributed by atoms with Crippen LogP contribution in [0.25, 0.3) is 0 Å². The monoisotopic (exact) mass is 243 g/mol. The molecule has 0 saturated carbocycles. The van der Waals surface area contributed by atoms with E-state index in [1.165, 1.54) is 0 Å². The molecule has 0 unspecified atom stereocenters. The van der Waals surface area contributed by atoms with Gasteiger partial charge < -0.3 is 10.1 Å². The maximum Gasteiger partial charge on any atom is 0.353 e. The summed E-state index contributed by atoms with van der Waals surface area (Å²) in [5, 5.41) is 8.83. The molecule has 0 aliphatic heterocycles. The van der Waals surface area contributed by atoms with Gasteiger partial charge in [-0.15, -0.1) is 0 Å². The lowest BCUT2D eigenvalue weighted by Gasteiger charge is -1.99. The zero-order chi connectivity index (χ0) is 9.59. The normalized spacial score (nSPS) is 20.3. The van der Waals surface area contributed by atoms with Gasteiger partial charge in [-0.25, -0.2) is 4.79 Å². The van der Waals surface area contributed by atoms with Gasteiger partial charge in [-0.05, 0) is 40.3 Å². The molecule has 0 spiro atoms. The first-order valence-electron chi connectivity index (χ1n) is 4.22. The van der Waals surface area contributed by atoms with Crippen LogP contribution in [-0.4, -0.2) is 16.1 Å². The summed E-state index contributed by atoms with van der Waals surface area (Å²) in [6.07, 6.45) is 1.93. The van der Waals surface area contributed by atoms with E-state index in [4.69, 9.17) is 5.11 Å². The molecule has 2 N–H and O–H groups in total. The molecule has 0 saturated heterocycles. The molecule has 0 radical (unpaired) electrons. The topological polar surface area (TPSA) is 53.1 Å². The number of hydrogen-bond acceptors (Lipinski definition) is 1. The van der Waals surface area contributed by atoms with Crippen molar-refractivity contribution in [3.05, 3.63) is 21.4 Å². The van der Waals surface area contributed by atoms with Crippen LogP contribution in [-0.2, 0) is 12.8 Å². The number of carboxylic acid groups (broad SMARTS) is 1. The molecule has 0 amide bonds. The number of carbonyl (C=O) groups is 1. The number of carboxylic acids is 1. The minimum absolute atomic E-state index is 0.289. The van der Waals surface area contributed by atoms with Gasteiger partial charge in [0, 0.05) is 5.69 Å². The summed E-state index contributed by atoms with van der Waals surface area (Å²) in [6.45, 7) is 2.17. The molecule has 0 fully saturated rings. The SMILES string of the molecule is C[C@H]1Cc2[nH]c(C(=O)O)c(Br)c2C1. The van der Waals surface area contributed by atoms with E-state index in [0.29, 0.717) is 5.92 Å². The second-order valence-corrected chi connectivity index (χ2v) is 4.38. The Balaban J connectivity index is 2.47. The second-order valence-electron chi connectivity index (χ2n) is 3.59. The van der Waals surface area contributed by atoms with E-state index in [1.54, 1.807) is 0 Å². The van der Waals surface area contributed by atoms with Crippen molar-refractivity contribution in [2.75, 3.05) is 0 Å². The van der Waals surface area contributed by atoms with Crippen LogP contribution in [0.4, 0.5) is 0 Å². The van der Waals surface area contributed by atoms with Crippen LogP contribution in [0.2, 0.25) is 0 Å². The molecule has 1 aliphatic carbocycles. The number of aromatic carboxylic acids is 1. The summed E-state index contributed by atoms with van der Waals surface area (Å²) in [7, 11) is 0. The zero-order valence-corrected chi connectivity index (χ0v) is 8.81. The average molecular weight is 244 g/mol. The fourth-order valence-corrected chi connectivity index (χ4v) is 2.54. The van der Waals surface area contributed by atoms with Gasteiger partial charge in [0.2, 0.25) is 0 Å². The minimum atomic E-state index is -0.895. The molecule has 0 aromatic carbocycles. The Morgan fingerprint density at radius 1 is 1.62 bits per heavy atom. The van der Waals surface area contributed by atoms with Crippen LogP contribution < -0.4 is 0 Å². The summed E-state index contributed by atoms with van der Waals surface area (Å²) < 4.78 is 0.736. The first-order chi connectivity index (χ1) is 6.09. The summed E-state index contributed by atoms with van der Waals surface area (Å²) in [5.41, 5.74) is 2.51. The average Bonchev–Trinajstić information content (AvgIpc) is 2.51. The van der Waals surface area contributed by atoms with Gasteiger partial charge in [-0.3, -0.25) is 0 Å². The van der Waals surface area contributed by atoms with E-state index in [1.807, 2.05) is 0 Å². The Bertz CT molecular complexity index is 370. The molecule has 1 atom stereocenters. The molecular formula is C9H10BrNO2. The number of aromatic nitrogens is 1. The standard InChI is InChI=1S/C9H10BrNO2/c1-4-2-5-6(3-4)11-8(7(5)10)9(12)13/h4,11H,2-3H2,1H3,(H,12,13)/t4-/m1/s1. The van der Waals surface area contributed by atoms with Crippen molar-refractivity contribution in [1.29, 1.82) is 0 Å². The van der Waals surface area contributed by atoms with Crippen molar-refractivity contribution in [2.45, 2.75) is 19.8 Å². The fourth-order valence-electron chi connectivity index (χ4n) is 1.87. The van der Waals surface area contributed by atoms with Crippen LogP contribution in [0, 0.1) is 5.92 Å². The molecule has 2 rings (SSSR count). The molecule has 1 aromatic rings. The Hall–Kier alpha value is -0.770. The second kappa shape index (κ2) is 2.87. The van der Waals surface area contributed by atoms with Gasteiger partial charge in [0.15, 0.2) is 0 Å². The largest absolute Gasteiger partial charge is 0.477 e. The van der Waals surface area contributed by atoms with Crippen molar-refractivity contribution in [3.8, 4) is 0 Å². The lowest BCUT2D eigenvalue weighted by Crippen LogP contribution is -2.00. The lowest BCUT2D eigenvalue weighted by molar-refractivity contribution is 0.0690. The molecule has 1 aliphatic rings. The van der Waals surface area contributed by atoms with Crippen molar-refractivity contribution in [2.24, 2.45) is 5.92 Å². The van der Waals surface area contributed by atoms with Crippen LogP contribution in [0.15, 0.2) is 4.47 Å². The molecule has 70 valence electrons. The van der Waals surface area contributed by atoms with Crippen LogP contribution in [0.3, 0.4) is 0 Å². The molecule has 4 heteroatoms. The number of nitrogens with one attached hydrogen (secondary N) is 1. The van der Waals surface area contributed by atoms with Crippen LogP contribution in [0.1, 0.15) is 28.7 Å². The molecule has 13 heavy (non-hydrogen) atoms. The Morgan fingerprint density at radius 3 is 2.85 bits per heavy atom. The quantitative estimate of drug-likeness (QED) is 0.795. The third kappa shape index (κ3) is 1.29. The van der Waals surface area contributed by atoms with Gasteiger partial charge in [0.1, 0.15) is 5.69 Å². The van der Waals surface area contributed by atoms with Crippen molar-refractivity contribution < 1.29 is 9.90 Å². The van der Waals surface area contributed by atoms with Gasteiger partial charge in [-0.2, -0.15) is 0 Å². The highest BCUT2D eigenvalue weighted by molar-refractivity contribution is 9.10. The van der Waals surface area contributed by atoms with E-state index < -0.39 is 5.97 Å². The van der Waals surface area contributed by atoms with Crippen molar-refractivity contribution in [3.63, 3.8) is 0 Å². The molecular weight excluding hydrogens is 234 g/mol. The van der Waals surface area contributed by atoms with Crippen molar-refractivity contribution >= 4 is 21.9 Å².